The fraction of sp³-hybridized carbons (Fsp3) is 0.308. The lowest BCUT2D eigenvalue weighted by atomic mass is 10.1. The first kappa shape index (κ1) is 24.1. The van der Waals surface area contributed by atoms with E-state index >= 15 is 0 Å². The number of ether oxygens (including phenoxy) is 1. The molecular formula is C26H27FN6O2. The molecule has 0 atom stereocenters. The molecule has 0 spiro atoms. The van der Waals surface area contributed by atoms with Gasteiger partial charge >= 0.3 is 0 Å². The van der Waals surface area contributed by atoms with Gasteiger partial charge in [-0.1, -0.05) is 0 Å². The number of hydrogen-bond acceptors (Lipinski definition) is 7. The minimum atomic E-state index is -0.335. The lowest BCUT2D eigenvalue weighted by Gasteiger charge is -2.31. The van der Waals surface area contributed by atoms with Gasteiger partial charge in [0, 0.05) is 37.1 Å². The number of carbonyl (C=O) groups is 1. The number of benzene rings is 2. The molecule has 2 heterocycles. The molecule has 0 radical (unpaired) electrons. The smallest absolute Gasteiger partial charge is 0.238 e. The summed E-state index contributed by atoms with van der Waals surface area (Å²) in [5.74, 6) is 1.14. The van der Waals surface area contributed by atoms with E-state index in [0.29, 0.717) is 28.8 Å². The summed E-state index contributed by atoms with van der Waals surface area (Å²) >= 11 is 0. The number of likely N-dealkylation sites (tertiary alicyclic amines) is 1. The summed E-state index contributed by atoms with van der Waals surface area (Å²) in [4.78, 5) is 23.2. The second-order valence-corrected chi connectivity index (χ2v) is 8.62. The monoisotopic (exact) mass is 474 g/mol. The summed E-state index contributed by atoms with van der Waals surface area (Å²) in [6.45, 7) is 5.60. The number of halogens is 1. The second kappa shape index (κ2) is 10.9. The first-order valence-electron chi connectivity index (χ1n) is 11.5. The lowest BCUT2D eigenvalue weighted by Crippen LogP contribution is -2.42. The Balaban J connectivity index is 1.28. The SMILES string of the molecule is Cc1cc(C#N)cc(C)c1Oc1ccnc(NC2CCN(CC(=O)Nc3ccc(F)cc3)CC2)n1. The Morgan fingerprint density at radius 3 is 2.51 bits per heavy atom. The summed E-state index contributed by atoms with van der Waals surface area (Å²) in [7, 11) is 0. The van der Waals surface area contributed by atoms with Gasteiger partial charge in [-0.2, -0.15) is 10.2 Å². The first-order valence-corrected chi connectivity index (χ1v) is 11.5. The Morgan fingerprint density at radius 1 is 1.17 bits per heavy atom. The van der Waals surface area contributed by atoms with Gasteiger partial charge in [0.1, 0.15) is 11.6 Å². The maximum Gasteiger partial charge on any atom is 0.238 e. The molecule has 4 rings (SSSR count). The number of aryl methyl sites for hydroxylation is 2. The number of nitrogens with zero attached hydrogens (tertiary/aromatic N) is 4. The van der Waals surface area contributed by atoms with Gasteiger partial charge in [-0.15, -0.1) is 0 Å². The average molecular weight is 475 g/mol. The maximum absolute atomic E-state index is 13.0. The van der Waals surface area contributed by atoms with Crippen molar-refractivity contribution >= 4 is 17.5 Å². The zero-order valence-electron chi connectivity index (χ0n) is 19.7. The molecule has 8 nitrogen and oxygen atoms in total. The van der Waals surface area contributed by atoms with Crippen LogP contribution >= 0.6 is 0 Å². The van der Waals surface area contributed by atoms with Gasteiger partial charge in [0.2, 0.25) is 17.7 Å². The summed E-state index contributed by atoms with van der Waals surface area (Å²) in [5, 5.41) is 15.3. The summed E-state index contributed by atoms with van der Waals surface area (Å²) in [6.07, 6.45) is 3.33. The summed E-state index contributed by atoms with van der Waals surface area (Å²) < 4.78 is 19.0. The molecule has 35 heavy (non-hydrogen) atoms. The number of nitrogens with one attached hydrogen (secondary N) is 2. The molecule has 9 heteroatoms. The molecule has 2 N–H and O–H groups in total. The van der Waals surface area contributed by atoms with Crippen LogP contribution in [0.3, 0.4) is 0 Å². The predicted molar refractivity (Wildman–Crippen MR) is 131 cm³/mol. The highest BCUT2D eigenvalue weighted by molar-refractivity contribution is 5.92. The van der Waals surface area contributed by atoms with E-state index in [1.165, 1.54) is 12.1 Å². The van der Waals surface area contributed by atoms with Gasteiger partial charge in [0.25, 0.3) is 0 Å². The van der Waals surface area contributed by atoms with Gasteiger partial charge in [-0.3, -0.25) is 9.69 Å². The average Bonchev–Trinajstić information content (AvgIpc) is 2.84. The minimum Gasteiger partial charge on any atom is -0.438 e. The predicted octanol–water partition coefficient (Wildman–Crippen LogP) is 4.41. The van der Waals surface area contributed by atoms with Gasteiger partial charge in [0.05, 0.1) is 18.2 Å². The van der Waals surface area contributed by atoms with Crippen LogP contribution in [0.5, 0.6) is 11.6 Å². The maximum atomic E-state index is 13.0. The number of aromatic nitrogens is 2. The summed E-state index contributed by atoms with van der Waals surface area (Å²) in [6, 6.07) is 13.3. The van der Waals surface area contributed by atoms with Crippen LogP contribution in [-0.2, 0) is 4.79 Å². The van der Waals surface area contributed by atoms with E-state index in [4.69, 9.17) is 10.00 Å². The highest BCUT2D eigenvalue weighted by Gasteiger charge is 2.21. The van der Waals surface area contributed by atoms with E-state index in [9.17, 15) is 9.18 Å². The standard InChI is InChI=1S/C26H27FN6O2/c1-17-13-19(15-28)14-18(2)25(17)35-24-7-10-29-26(32-24)31-22-8-11-33(12-9-22)16-23(34)30-21-5-3-20(27)4-6-21/h3-7,10,13-14,22H,8-9,11-12,16H2,1-2H3,(H,30,34)(H,29,31,32). The largest absolute Gasteiger partial charge is 0.438 e. The Hall–Kier alpha value is -4.03. The topological polar surface area (TPSA) is 103 Å². The fourth-order valence-corrected chi connectivity index (χ4v) is 4.10. The zero-order valence-corrected chi connectivity index (χ0v) is 19.7. The van der Waals surface area contributed by atoms with Crippen molar-refractivity contribution in [3.63, 3.8) is 0 Å². The molecule has 1 aliphatic rings. The number of amides is 1. The number of piperidine rings is 1. The molecule has 1 aliphatic heterocycles. The third kappa shape index (κ3) is 6.52. The van der Waals surface area contributed by atoms with Crippen LogP contribution in [0.2, 0.25) is 0 Å². The second-order valence-electron chi connectivity index (χ2n) is 8.62. The Kier molecular flexibility index (Phi) is 7.53. The van der Waals surface area contributed by atoms with Crippen molar-refractivity contribution in [3.8, 4) is 17.7 Å². The van der Waals surface area contributed by atoms with Crippen LogP contribution in [0, 0.1) is 31.0 Å². The molecule has 1 fully saturated rings. The van der Waals surface area contributed by atoms with Crippen LogP contribution in [0.25, 0.3) is 0 Å². The molecule has 1 saturated heterocycles. The third-order valence-electron chi connectivity index (χ3n) is 5.84. The molecule has 0 bridgehead atoms. The Labute approximate surface area is 203 Å². The van der Waals surface area contributed by atoms with Crippen molar-refractivity contribution in [2.75, 3.05) is 30.3 Å². The van der Waals surface area contributed by atoms with Crippen LogP contribution in [0.1, 0.15) is 29.5 Å². The number of carbonyl (C=O) groups excluding carboxylic acids is 1. The normalized spacial score (nSPS) is 14.2. The molecule has 2 aromatic carbocycles. The molecule has 0 aliphatic carbocycles. The summed E-state index contributed by atoms with van der Waals surface area (Å²) in [5.41, 5.74) is 2.91. The van der Waals surface area contributed by atoms with E-state index in [1.54, 1.807) is 36.5 Å². The Morgan fingerprint density at radius 2 is 1.86 bits per heavy atom. The number of nitriles is 1. The molecule has 1 amide bonds. The van der Waals surface area contributed by atoms with Crippen molar-refractivity contribution in [1.29, 1.82) is 5.26 Å². The highest BCUT2D eigenvalue weighted by Crippen LogP contribution is 2.29. The van der Waals surface area contributed by atoms with Gasteiger partial charge < -0.3 is 15.4 Å². The minimum absolute atomic E-state index is 0.121. The first-order chi connectivity index (χ1) is 16.9. The van der Waals surface area contributed by atoms with Crippen LogP contribution in [0.4, 0.5) is 16.0 Å². The number of anilines is 2. The van der Waals surface area contributed by atoms with Gasteiger partial charge in [-0.25, -0.2) is 9.37 Å². The quantitative estimate of drug-likeness (QED) is 0.523. The molecule has 0 unspecified atom stereocenters. The third-order valence-corrected chi connectivity index (χ3v) is 5.84. The van der Waals surface area contributed by atoms with Crippen LogP contribution in [-0.4, -0.2) is 46.5 Å². The van der Waals surface area contributed by atoms with E-state index < -0.39 is 0 Å². The van der Waals surface area contributed by atoms with Crippen molar-refractivity contribution in [2.45, 2.75) is 32.7 Å². The zero-order chi connectivity index (χ0) is 24.8. The van der Waals surface area contributed by atoms with E-state index in [-0.39, 0.29) is 24.3 Å². The van der Waals surface area contributed by atoms with Crippen molar-refractivity contribution in [3.05, 3.63) is 71.2 Å². The molecule has 3 aromatic rings. The number of rotatable bonds is 7. The Bertz CT molecular complexity index is 1210. The van der Waals surface area contributed by atoms with Crippen molar-refractivity contribution < 1.29 is 13.9 Å². The van der Waals surface area contributed by atoms with Crippen LogP contribution < -0.4 is 15.4 Å². The molecular weight excluding hydrogens is 447 g/mol. The van der Waals surface area contributed by atoms with Crippen molar-refractivity contribution in [1.82, 2.24) is 14.9 Å². The van der Waals surface area contributed by atoms with E-state index in [2.05, 4.69) is 31.6 Å². The van der Waals surface area contributed by atoms with E-state index in [1.807, 2.05) is 13.8 Å². The highest BCUT2D eigenvalue weighted by atomic mass is 19.1. The van der Waals surface area contributed by atoms with E-state index in [0.717, 1.165) is 37.1 Å². The number of hydrogen-bond donors (Lipinski definition) is 2. The van der Waals surface area contributed by atoms with Crippen molar-refractivity contribution in [2.24, 2.45) is 0 Å². The lowest BCUT2D eigenvalue weighted by molar-refractivity contribution is -0.117. The van der Waals surface area contributed by atoms with Gasteiger partial charge in [-0.05, 0) is 74.2 Å². The van der Waals surface area contributed by atoms with Gasteiger partial charge in [0.15, 0.2) is 0 Å². The molecule has 180 valence electrons. The molecule has 0 saturated carbocycles. The van der Waals surface area contributed by atoms with Crippen LogP contribution in [0.15, 0.2) is 48.7 Å². The fourth-order valence-electron chi connectivity index (χ4n) is 4.10. The molecule has 1 aromatic heterocycles.